The molecule has 0 heterocycles. The van der Waals surface area contributed by atoms with Gasteiger partial charge in [0.15, 0.2) is 0 Å². The van der Waals surface area contributed by atoms with Crippen molar-refractivity contribution in [3.8, 4) is 0 Å². The van der Waals surface area contributed by atoms with Crippen molar-refractivity contribution >= 4 is 14.1 Å². The van der Waals surface area contributed by atoms with E-state index < -0.39 is 14.1 Å². The second-order valence-electron chi connectivity index (χ2n) is 6.38. The summed E-state index contributed by atoms with van der Waals surface area (Å²) in [7, 11) is -0.835. The number of carbonyl (C=O) groups excluding carboxylic acids is 1. The molecule has 0 aromatic heterocycles. The maximum Gasteiger partial charge on any atom is 0.337 e. The lowest BCUT2D eigenvalue weighted by Gasteiger charge is -2.39. The van der Waals surface area contributed by atoms with Gasteiger partial charge >= 0.3 is 5.97 Å². The average molecular weight is 304 g/mol. The van der Waals surface area contributed by atoms with Crippen molar-refractivity contribution in [2.75, 3.05) is 13.2 Å². The molecule has 20 heavy (non-hydrogen) atoms. The van der Waals surface area contributed by atoms with Crippen LogP contribution in [0.25, 0.3) is 0 Å². The fraction of sp³-hybridized carbons (Fsp3) is 0.800. The van der Waals surface area contributed by atoms with Gasteiger partial charge in [-0.05, 0) is 13.8 Å². The SMILES string of the molecule is CCOC(=O)/C=C(\OCC)OP(C(C)(C)C)C(C)(C)C. The van der Waals surface area contributed by atoms with Gasteiger partial charge in [-0.25, -0.2) is 4.79 Å². The zero-order valence-electron chi connectivity index (χ0n) is 14.1. The molecule has 0 radical (unpaired) electrons. The Morgan fingerprint density at radius 1 is 0.950 bits per heavy atom. The van der Waals surface area contributed by atoms with Crippen LogP contribution in [0.2, 0.25) is 0 Å². The topological polar surface area (TPSA) is 44.8 Å². The van der Waals surface area contributed by atoms with Crippen molar-refractivity contribution in [1.29, 1.82) is 0 Å². The van der Waals surface area contributed by atoms with E-state index in [-0.39, 0.29) is 16.3 Å². The molecule has 0 fully saturated rings. The van der Waals surface area contributed by atoms with Crippen LogP contribution < -0.4 is 0 Å². The molecule has 0 aliphatic rings. The number of hydrogen-bond donors (Lipinski definition) is 0. The molecule has 0 aliphatic heterocycles. The first-order valence-electron chi connectivity index (χ1n) is 7.02. The Labute approximate surface area is 124 Å². The number of esters is 1. The molecule has 0 saturated heterocycles. The molecule has 5 heteroatoms. The van der Waals surface area contributed by atoms with Crippen molar-refractivity contribution in [3.05, 3.63) is 12.0 Å². The van der Waals surface area contributed by atoms with Crippen LogP contribution in [0.5, 0.6) is 0 Å². The van der Waals surface area contributed by atoms with E-state index >= 15 is 0 Å². The molecule has 0 saturated carbocycles. The number of carbonyl (C=O) groups is 1. The van der Waals surface area contributed by atoms with Crippen molar-refractivity contribution in [3.63, 3.8) is 0 Å². The molecule has 0 atom stereocenters. The van der Waals surface area contributed by atoms with Crippen LogP contribution in [-0.4, -0.2) is 29.5 Å². The summed E-state index contributed by atoms with van der Waals surface area (Å²) in [6.07, 6.45) is 1.29. The lowest BCUT2D eigenvalue weighted by molar-refractivity contribution is -0.137. The Hall–Kier alpha value is -0.760. The molecular formula is C15H29O4P. The third-order valence-corrected chi connectivity index (χ3v) is 5.01. The van der Waals surface area contributed by atoms with Gasteiger partial charge in [-0.15, -0.1) is 0 Å². The minimum Gasteiger partial charge on any atom is -0.465 e. The summed E-state index contributed by atoms with van der Waals surface area (Å²) in [5.41, 5.74) is 0. The molecule has 0 N–H and O–H groups in total. The van der Waals surface area contributed by atoms with Crippen LogP contribution in [0.3, 0.4) is 0 Å². The molecule has 0 amide bonds. The van der Waals surface area contributed by atoms with Gasteiger partial charge in [0.2, 0.25) is 0 Å². The van der Waals surface area contributed by atoms with Gasteiger partial charge in [0.1, 0.15) is 14.2 Å². The zero-order valence-corrected chi connectivity index (χ0v) is 15.0. The molecule has 0 rings (SSSR count). The van der Waals surface area contributed by atoms with Crippen LogP contribution in [-0.2, 0) is 18.8 Å². The van der Waals surface area contributed by atoms with Crippen LogP contribution in [0, 0.1) is 0 Å². The summed E-state index contributed by atoms with van der Waals surface area (Å²) in [6, 6.07) is 0. The smallest absolute Gasteiger partial charge is 0.337 e. The lowest BCUT2D eigenvalue weighted by atomic mass is 10.2. The summed E-state index contributed by atoms with van der Waals surface area (Å²) in [4.78, 5) is 11.6. The largest absolute Gasteiger partial charge is 0.465 e. The van der Waals surface area contributed by atoms with E-state index in [4.69, 9.17) is 14.0 Å². The highest BCUT2D eigenvalue weighted by atomic mass is 31.1. The van der Waals surface area contributed by atoms with Gasteiger partial charge in [-0.3, -0.25) is 0 Å². The normalized spacial score (nSPS) is 13.3. The highest BCUT2D eigenvalue weighted by Crippen LogP contribution is 2.61. The molecule has 0 aromatic rings. The summed E-state index contributed by atoms with van der Waals surface area (Å²) < 4.78 is 16.4. The molecule has 0 spiro atoms. The van der Waals surface area contributed by atoms with Crippen LogP contribution in [0.4, 0.5) is 0 Å². The first kappa shape index (κ1) is 19.2. The van der Waals surface area contributed by atoms with Gasteiger partial charge in [0.25, 0.3) is 5.95 Å². The van der Waals surface area contributed by atoms with Gasteiger partial charge in [0.05, 0.1) is 13.2 Å². The number of rotatable bonds is 6. The first-order valence-corrected chi connectivity index (χ1v) is 8.27. The summed E-state index contributed by atoms with van der Waals surface area (Å²) in [6.45, 7) is 17.2. The first-order chi connectivity index (χ1) is 9.02. The van der Waals surface area contributed by atoms with Crippen molar-refractivity contribution in [2.24, 2.45) is 0 Å². The lowest BCUT2D eigenvalue weighted by Crippen LogP contribution is -2.26. The van der Waals surface area contributed by atoms with Gasteiger partial charge < -0.3 is 14.0 Å². The maximum absolute atomic E-state index is 11.6. The maximum atomic E-state index is 11.6. The zero-order chi connectivity index (χ0) is 16.0. The van der Waals surface area contributed by atoms with Crippen molar-refractivity contribution < 1.29 is 18.8 Å². The molecule has 118 valence electrons. The van der Waals surface area contributed by atoms with Crippen molar-refractivity contribution in [1.82, 2.24) is 0 Å². The van der Waals surface area contributed by atoms with E-state index in [1.807, 2.05) is 6.92 Å². The molecule has 4 nitrogen and oxygen atoms in total. The van der Waals surface area contributed by atoms with Crippen LogP contribution >= 0.6 is 8.15 Å². The van der Waals surface area contributed by atoms with Gasteiger partial charge in [0, 0.05) is 10.3 Å². The predicted molar refractivity (Wildman–Crippen MR) is 83.9 cm³/mol. The third-order valence-electron chi connectivity index (χ3n) is 2.21. The van der Waals surface area contributed by atoms with Crippen LogP contribution in [0.1, 0.15) is 55.4 Å². The summed E-state index contributed by atoms with van der Waals surface area (Å²) >= 11 is 0. The Balaban J connectivity index is 5.16. The second kappa shape index (κ2) is 7.87. The number of hydrogen-bond acceptors (Lipinski definition) is 4. The van der Waals surface area contributed by atoms with E-state index in [2.05, 4.69) is 41.5 Å². The average Bonchev–Trinajstić information content (AvgIpc) is 2.23. The quantitative estimate of drug-likeness (QED) is 0.315. The minimum absolute atomic E-state index is 0.0154. The highest BCUT2D eigenvalue weighted by molar-refractivity contribution is 7.56. The summed E-state index contributed by atoms with van der Waals surface area (Å²) in [5.74, 6) is -0.185. The Bertz CT molecular complexity index is 323. The summed E-state index contributed by atoms with van der Waals surface area (Å²) in [5, 5.41) is -0.0309. The fourth-order valence-electron chi connectivity index (χ4n) is 1.89. The fourth-order valence-corrected chi connectivity index (χ4v) is 4.73. The number of ether oxygens (including phenoxy) is 2. The third kappa shape index (κ3) is 7.14. The van der Waals surface area contributed by atoms with Crippen molar-refractivity contribution in [2.45, 2.75) is 65.7 Å². The Kier molecular flexibility index (Phi) is 7.57. The van der Waals surface area contributed by atoms with E-state index in [1.165, 1.54) is 6.08 Å². The monoisotopic (exact) mass is 304 g/mol. The Morgan fingerprint density at radius 2 is 1.40 bits per heavy atom. The molecule has 0 aromatic carbocycles. The van der Waals surface area contributed by atoms with Crippen LogP contribution in [0.15, 0.2) is 12.0 Å². The highest BCUT2D eigenvalue weighted by Gasteiger charge is 2.38. The second-order valence-corrected chi connectivity index (χ2v) is 9.83. The predicted octanol–water partition coefficient (Wildman–Crippen LogP) is 4.44. The van der Waals surface area contributed by atoms with Gasteiger partial charge in [-0.1, -0.05) is 41.5 Å². The van der Waals surface area contributed by atoms with E-state index in [1.54, 1.807) is 6.92 Å². The molecule has 0 unspecified atom stereocenters. The van der Waals surface area contributed by atoms with E-state index in [9.17, 15) is 4.79 Å². The van der Waals surface area contributed by atoms with E-state index in [0.717, 1.165) is 0 Å². The minimum atomic E-state index is -0.835. The molecule has 0 bridgehead atoms. The molecular weight excluding hydrogens is 275 g/mol. The van der Waals surface area contributed by atoms with E-state index in [0.29, 0.717) is 13.2 Å². The Morgan fingerprint density at radius 3 is 1.75 bits per heavy atom. The van der Waals surface area contributed by atoms with Gasteiger partial charge in [-0.2, -0.15) is 0 Å². The standard InChI is InChI=1S/C15H29O4P/c1-9-17-12(16)11-13(18-10-2)19-20(14(3,4)5)15(6,7)8/h11H,9-10H2,1-8H3/b13-11+. The molecule has 0 aliphatic carbocycles.